The Morgan fingerprint density at radius 3 is 2.50 bits per heavy atom. The lowest BCUT2D eigenvalue weighted by Crippen LogP contribution is -2.32. The SMILES string of the molecule is O=C(O)C1(c2ccccc2O)C2CNCC21. The van der Waals surface area contributed by atoms with E-state index in [0.717, 1.165) is 13.1 Å². The highest BCUT2D eigenvalue weighted by Gasteiger charge is 2.72. The molecule has 1 saturated heterocycles. The number of phenolic OH excluding ortho intramolecular Hbond substituents is 1. The fourth-order valence-electron chi connectivity index (χ4n) is 3.19. The van der Waals surface area contributed by atoms with E-state index in [2.05, 4.69) is 5.32 Å². The molecule has 2 atom stereocenters. The van der Waals surface area contributed by atoms with Gasteiger partial charge >= 0.3 is 5.97 Å². The van der Waals surface area contributed by atoms with Crippen LogP contribution >= 0.6 is 0 Å². The van der Waals surface area contributed by atoms with Crippen molar-refractivity contribution < 1.29 is 15.0 Å². The number of carbonyl (C=O) groups is 1. The van der Waals surface area contributed by atoms with Gasteiger partial charge in [-0.3, -0.25) is 4.79 Å². The van der Waals surface area contributed by atoms with Crippen molar-refractivity contribution in [3.8, 4) is 5.75 Å². The van der Waals surface area contributed by atoms with E-state index in [1.165, 1.54) is 0 Å². The summed E-state index contributed by atoms with van der Waals surface area (Å²) in [5.41, 5.74) is -0.282. The Morgan fingerprint density at radius 1 is 1.31 bits per heavy atom. The van der Waals surface area contributed by atoms with Gasteiger partial charge in [-0.15, -0.1) is 0 Å². The molecule has 2 aliphatic rings. The zero-order valence-electron chi connectivity index (χ0n) is 8.68. The number of fused-ring (bicyclic) bond motifs is 1. The first kappa shape index (κ1) is 9.66. The van der Waals surface area contributed by atoms with E-state index in [4.69, 9.17) is 0 Å². The largest absolute Gasteiger partial charge is 0.508 e. The highest BCUT2D eigenvalue weighted by Crippen LogP contribution is 2.63. The number of rotatable bonds is 2. The second-order valence-corrected chi connectivity index (χ2v) is 4.56. The van der Waals surface area contributed by atoms with E-state index in [1.807, 2.05) is 0 Å². The lowest BCUT2D eigenvalue weighted by molar-refractivity contribution is -0.141. The maximum Gasteiger partial charge on any atom is 0.314 e. The summed E-state index contributed by atoms with van der Waals surface area (Å²) in [5, 5.41) is 22.4. The molecule has 16 heavy (non-hydrogen) atoms. The number of aromatic hydroxyl groups is 1. The molecular weight excluding hydrogens is 206 g/mol. The van der Waals surface area contributed by atoms with Gasteiger partial charge in [0, 0.05) is 5.56 Å². The summed E-state index contributed by atoms with van der Waals surface area (Å²) in [6.07, 6.45) is 0. The van der Waals surface area contributed by atoms with Crippen LogP contribution in [0.5, 0.6) is 5.75 Å². The molecule has 0 spiro atoms. The quantitative estimate of drug-likeness (QED) is 0.680. The molecule has 3 rings (SSSR count). The maximum absolute atomic E-state index is 11.5. The van der Waals surface area contributed by atoms with Crippen LogP contribution in [0.15, 0.2) is 24.3 Å². The number of hydrogen-bond donors (Lipinski definition) is 3. The van der Waals surface area contributed by atoms with Crippen LogP contribution in [-0.4, -0.2) is 29.3 Å². The van der Waals surface area contributed by atoms with Gasteiger partial charge in [-0.1, -0.05) is 18.2 Å². The molecule has 1 heterocycles. The van der Waals surface area contributed by atoms with Crippen molar-refractivity contribution in [2.45, 2.75) is 5.41 Å². The fourth-order valence-corrected chi connectivity index (χ4v) is 3.19. The van der Waals surface area contributed by atoms with Crippen molar-refractivity contribution >= 4 is 5.97 Å². The molecule has 1 saturated carbocycles. The normalized spacial score (nSPS) is 35.8. The monoisotopic (exact) mass is 219 g/mol. The fraction of sp³-hybridized carbons (Fsp3) is 0.417. The Balaban J connectivity index is 2.10. The Hall–Kier alpha value is -1.55. The van der Waals surface area contributed by atoms with Gasteiger partial charge < -0.3 is 15.5 Å². The third-order valence-corrected chi connectivity index (χ3v) is 3.98. The smallest absolute Gasteiger partial charge is 0.314 e. The van der Waals surface area contributed by atoms with Gasteiger partial charge in [0.2, 0.25) is 0 Å². The highest BCUT2D eigenvalue weighted by molar-refractivity contribution is 5.88. The number of carboxylic acids is 1. The molecule has 3 N–H and O–H groups in total. The number of benzene rings is 1. The molecule has 4 nitrogen and oxygen atoms in total. The lowest BCUT2D eigenvalue weighted by atomic mass is 9.90. The van der Waals surface area contributed by atoms with Crippen LogP contribution in [-0.2, 0) is 10.2 Å². The lowest BCUT2D eigenvalue weighted by Gasteiger charge is -2.18. The zero-order valence-corrected chi connectivity index (χ0v) is 8.68. The van der Waals surface area contributed by atoms with Gasteiger partial charge in [0.05, 0.1) is 0 Å². The zero-order chi connectivity index (χ0) is 11.3. The first-order valence-corrected chi connectivity index (χ1v) is 5.41. The number of carboxylic acid groups (broad SMARTS) is 1. The first-order chi connectivity index (χ1) is 7.69. The van der Waals surface area contributed by atoms with E-state index in [9.17, 15) is 15.0 Å². The minimum absolute atomic E-state index is 0.0966. The molecule has 2 unspecified atom stereocenters. The standard InChI is InChI=1S/C12H13NO3/c14-10-4-2-1-3-7(10)12(11(15)16)8-5-13-6-9(8)12/h1-4,8-9,13-14H,5-6H2,(H,15,16). The summed E-state index contributed by atoms with van der Waals surface area (Å²) in [7, 11) is 0. The van der Waals surface area contributed by atoms with Crippen molar-refractivity contribution in [3.63, 3.8) is 0 Å². The summed E-state index contributed by atoms with van der Waals surface area (Å²) in [4.78, 5) is 11.5. The predicted octanol–water partition coefficient (Wildman–Crippen LogP) is 0.564. The number of hydrogen-bond acceptors (Lipinski definition) is 3. The minimum atomic E-state index is -0.851. The molecule has 2 fully saturated rings. The third kappa shape index (κ3) is 0.950. The Bertz CT molecular complexity index is 447. The number of phenols is 1. The van der Waals surface area contributed by atoms with Crippen LogP contribution in [0.3, 0.4) is 0 Å². The molecule has 0 aromatic heterocycles. The predicted molar refractivity (Wildman–Crippen MR) is 57.3 cm³/mol. The van der Waals surface area contributed by atoms with Gasteiger partial charge in [-0.25, -0.2) is 0 Å². The molecule has 0 radical (unpaired) electrons. The Kier molecular flexibility index (Phi) is 1.80. The number of para-hydroxylation sites is 1. The van der Waals surface area contributed by atoms with Gasteiger partial charge in [-0.05, 0) is 31.0 Å². The molecule has 4 heteroatoms. The molecule has 0 bridgehead atoms. The number of nitrogens with one attached hydrogen (secondary N) is 1. The molecule has 1 aromatic carbocycles. The van der Waals surface area contributed by atoms with Crippen LogP contribution in [0.25, 0.3) is 0 Å². The number of piperidine rings is 1. The van der Waals surface area contributed by atoms with Gasteiger partial charge in [0.1, 0.15) is 11.2 Å². The summed E-state index contributed by atoms with van der Waals surface area (Å²) < 4.78 is 0. The van der Waals surface area contributed by atoms with Crippen molar-refractivity contribution in [2.24, 2.45) is 11.8 Å². The second-order valence-electron chi connectivity index (χ2n) is 4.56. The van der Waals surface area contributed by atoms with Gasteiger partial charge in [0.25, 0.3) is 0 Å². The van der Waals surface area contributed by atoms with E-state index in [1.54, 1.807) is 24.3 Å². The van der Waals surface area contributed by atoms with Crippen molar-refractivity contribution in [1.82, 2.24) is 5.32 Å². The van der Waals surface area contributed by atoms with Crippen molar-refractivity contribution in [3.05, 3.63) is 29.8 Å². The number of aliphatic carboxylic acids is 1. The van der Waals surface area contributed by atoms with Crippen molar-refractivity contribution in [2.75, 3.05) is 13.1 Å². The van der Waals surface area contributed by atoms with E-state index < -0.39 is 11.4 Å². The topological polar surface area (TPSA) is 69.6 Å². The molecule has 84 valence electrons. The van der Waals surface area contributed by atoms with E-state index in [0.29, 0.717) is 5.56 Å². The molecule has 1 aliphatic heterocycles. The summed E-state index contributed by atoms with van der Waals surface area (Å²) in [5.74, 6) is -0.471. The van der Waals surface area contributed by atoms with Crippen LogP contribution in [0.1, 0.15) is 5.56 Å². The van der Waals surface area contributed by atoms with E-state index in [-0.39, 0.29) is 17.6 Å². The van der Waals surface area contributed by atoms with Gasteiger partial charge in [-0.2, -0.15) is 0 Å². The highest BCUT2D eigenvalue weighted by atomic mass is 16.4. The van der Waals surface area contributed by atoms with Crippen LogP contribution < -0.4 is 5.32 Å². The van der Waals surface area contributed by atoms with Crippen LogP contribution in [0, 0.1) is 11.8 Å². The maximum atomic E-state index is 11.5. The van der Waals surface area contributed by atoms with Crippen molar-refractivity contribution in [1.29, 1.82) is 0 Å². The van der Waals surface area contributed by atoms with Crippen LogP contribution in [0.4, 0.5) is 0 Å². The second kappa shape index (κ2) is 2.98. The average Bonchev–Trinajstić information content (AvgIpc) is 2.67. The minimum Gasteiger partial charge on any atom is -0.508 e. The summed E-state index contributed by atoms with van der Waals surface area (Å²) in [6, 6.07) is 6.77. The summed E-state index contributed by atoms with van der Waals surface area (Å²) in [6.45, 7) is 1.45. The Labute approximate surface area is 92.9 Å². The molecule has 0 amide bonds. The molecule has 1 aliphatic carbocycles. The first-order valence-electron chi connectivity index (χ1n) is 5.41. The van der Waals surface area contributed by atoms with E-state index >= 15 is 0 Å². The molecular formula is C12H13NO3. The van der Waals surface area contributed by atoms with Gasteiger partial charge in [0.15, 0.2) is 0 Å². The summed E-state index contributed by atoms with van der Waals surface area (Å²) >= 11 is 0. The third-order valence-electron chi connectivity index (χ3n) is 3.98. The van der Waals surface area contributed by atoms with Crippen LogP contribution in [0.2, 0.25) is 0 Å². The Morgan fingerprint density at radius 2 is 1.94 bits per heavy atom. The molecule has 1 aromatic rings. The average molecular weight is 219 g/mol.